The minimum atomic E-state index is -0.192. The van der Waals surface area contributed by atoms with E-state index in [-0.39, 0.29) is 12.2 Å². The van der Waals surface area contributed by atoms with E-state index in [4.69, 9.17) is 4.74 Å². The summed E-state index contributed by atoms with van der Waals surface area (Å²) in [6.07, 6.45) is 18.0. The number of rotatable bonds is 16. The summed E-state index contributed by atoms with van der Waals surface area (Å²) in [4.78, 5) is 0. The lowest BCUT2D eigenvalue weighted by Gasteiger charge is -2.18. The van der Waals surface area contributed by atoms with Crippen LogP contribution < -0.4 is 0 Å². The van der Waals surface area contributed by atoms with E-state index in [1.54, 1.807) is 7.11 Å². The van der Waals surface area contributed by atoms with Crippen LogP contribution in [-0.4, -0.2) is 24.4 Å². The van der Waals surface area contributed by atoms with Crippen molar-refractivity contribution in [1.29, 1.82) is 0 Å². The summed E-state index contributed by atoms with van der Waals surface area (Å²) in [5.41, 5.74) is 0. The average Bonchev–Trinajstić information content (AvgIpc) is 2.51. The van der Waals surface area contributed by atoms with E-state index in [0.717, 1.165) is 19.3 Å². The van der Waals surface area contributed by atoms with E-state index in [9.17, 15) is 5.11 Å². The van der Waals surface area contributed by atoms with Gasteiger partial charge in [-0.25, -0.2) is 0 Å². The molecule has 2 nitrogen and oxygen atoms in total. The van der Waals surface area contributed by atoms with E-state index >= 15 is 0 Å². The zero-order valence-corrected chi connectivity index (χ0v) is 14.9. The molecule has 0 bridgehead atoms. The van der Waals surface area contributed by atoms with Crippen molar-refractivity contribution in [2.75, 3.05) is 7.11 Å². The highest BCUT2D eigenvalue weighted by molar-refractivity contribution is 4.64. The molecule has 0 aliphatic heterocycles. The average molecular weight is 301 g/mol. The monoisotopic (exact) mass is 300 g/mol. The van der Waals surface area contributed by atoms with Crippen LogP contribution in [0.1, 0.15) is 104 Å². The maximum atomic E-state index is 9.66. The van der Waals surface area contributed by atoms with Gasteiger partial charge in [0.05, 0.1) is 12.2 Å². The second-order valence-corrected chi connectivity index (χ2v) is 6.48. The van der Waals surface area contributed by atoms with E-state index < -0.39 is 0 Å². The van der Waals surface area contributed by atoms with E-state index in [0.29, 0.717) is 0 Å². The fourth-order valence-corrected chi connectivity index (χ4v) is 2.84. The van der Waals surface area contributed by atoms with Crippen molar-refractivity contribution in [2.45, 2.75) is 116 Å². The lowest BCUT2D eigenvalue weighted by atomic mass is 10.0. The Morgan fingerprint density at radius 2 is 1.24 bits per heavy atom. The molecule has 128 valence electrons. The summed E-state index contributed by atoms with van der Waals surface area (Å²) < 4.78 is 5.45. The molecule has 0 aromatic rings. The largest absolute Gasteiger partial charge is 0.393 e. The Kier molecular flexibility index (Phi) is 16.2. The summed E-state index contributed by atoms with van der Waals surface area (Å²) in [6.45, 7) is 4.30. The van der Waals surface area contributed by atoms with Crippen molar-refractivity contribution in [3.8, 4) is 0 Å². The van der Waals surface area contributed by atoms with Crippen LogP contribution in [0.5, 0.6) is 0 Å². The van der Waals surface area contributed by atoms with Gasteiger partial charge in [-0.2, -0.15) is 0 Å². The third-order valence-electron chi connectivity index (χ3n) is 4.47. The van der Waals surface area contributed by atoms with Crippen molar-refractivity contribution in [3.63, 3.8) is 0 Å². The Labute approximate surface area is 133 Å². The van der Waals surface area contributed by atoms with Crippen molar-refractivity contribution < 1.29 is 9.84 Å². The number of aliphatic hydroxyl groups is 1. The third kappa shape index (κ3) is 14.6. The summed E-state index contributed by atoms with van der Waals surface area (Å²) in [5.74, 6) is 0. The second-order valence-electron chi connectivity index (χ2n) is 6.48. The van der Waals surface area contributed by atoms with E-state index in [2.05, 4.69) is 6.92 Å². The lowest BCUT2D eigenvalue weighted by molar-refractivity contribution is 0.0376. The standard InChI is InChI=1S/C19H40O2/c1-4-6-7-8-9-10-11-12-13-14-15-16-19(21-3)17-18(20)5-2/h18-20H,4-17H2,1-3H3. The normalized spacial score (nSPS) is 14.3. The number of ether oxygens (including phenoxy) is 1. The van der Waals surface area contributed by atoms with Gasteiger partial charge in [0.15, 0.2) is 0 Å². The second kappa shape index (κ2) is 16.3. The molecule has 0 radical (unpaired) electrons. The summed E-state index contributed by atoms with van der Waals surface area (Å²) in [5, 5.41) is 9.66. The quantitative estimate of drug-likeness (QED) is 0.362. The van der Waals surface area contributed by atoms with Crippen LogP contribution in [0.2, 0.25) is 0 Å². The Morgan fingerprint density at radius 1 is 0.762 bits per heavy atom. The van der Waals surface area contributed by atoms with Gasteiger partial charge < -0.3 is 9.84 Å². The Balaban J connectivity index is 3.26. The fourth-order valence-electron chi connectivity index (χ4n) is 2.84. The highest BCUT2D eigenvalue weighted by Crippen LogP contribution is 2.15. The number of aliphatic hydroxyl groups excluding tert-OH is 1. The molecule has 0 spiro atoms. The van der Waals surface area contributed by atoms with Crippen molar-refractivity contribution in [1.82, 2.24) is 0 Å². The highest BCUT2D eigenvalue weighted by Gasteiger charge is 2.11. The predicted octanol–water partition coefficient (Wildman–Crippen LogP) is 5.86. The van der Waals surface area contributed by atoms with Crippen LogP contribution in [0.3, 0.4) is 0 Å². The molecular formula is C19H40O2. The van der Waals surface area contributed by atoms with Crippen LogP contribution in [0.15, 0.2) is 0 Å². The molecule has 0 saturated heterocycles. The summed E-state index contributed by atoms with van der Waals surface area (Å²) in [7, 11) is 1.77. The molecule has 1 N–H and O–H groups in total. The van der Waals surface area contributed by atoms with Crippen LogP contribution >= 0.6 is 0 Å². The SMILES string of the molecule is CCCCCCCCCCCCCC(CC(O)CC)OC. The minimum absolute atomic E-state index is 0.192. The van der Waals surface area contributed by atoms with Gasteiger partial charge in [0.1, 0.15) is 0 Å². The maximum Gasteiger partial charge on any atom is 0.0596 e. The first-order valence-corrected chi connectivity index (χ1v) is 9.45. The minimum Gasteiger partial charge on any atom is -0.393 e. The molecular weight excluding hydrogens is 260 g/mol. The first kappa shape index (κ1) is 20.9. The van der Waals surface area contributed by atoms with Gasteiger partial charge in [-0.3, -0.25) is 0 Å². The summed E-state index contributed by atoms with van der Waals surface area (Å²) >= 11 is 0. The number of unbranched alkanes of at least 4 members (excludes halogenated alkanes) is 10. The molecule has 0 rings (SSSR count). The van der Waals surface area contributed by atoms with E-state index in [1.165, 1.54) is 70.6 Å². The molecule has 0 fully saturated rings. The molecule has 2 unspecified atom stereocenters. The first-order valence-electron chi connectivity index (χ1n) is 9.45. The lowest BCUT2D eigenvalue weighted by Crippen LogP contribution is -2.19. The van der Waals surface area contributed by atoms with Gasteiger partial charge in [0, 0.05) is 7.11 Å². The fraction of sp³-hybridized carbons (Fsp3) is 1.00. The Bertz CT molecular complexity index is 194. The predicted molar refractivity (Wildman–Crippen MR) is 92.8 cm³/mol. The third-order valence-corrected chi connectivity index (χ3v) is 4.47. The molecule has 0 heterocycles. The van der Waals surface area contributed by atoms with Crippen LogP contribution in [0, 0.1) is 0 Å². The number of methoxy groups -OCH3 is 1. The smallest absolute Gasteiger partial charge is 0.0596 e. The van der Waals surface area contributed by atoms with Crippen LogP contribution in [0.4, 0.5) is 0 Å². The molecule has 0 amide bonds. The summed E-state index contributed by atoms with van der Waals surface area (Å²) in [6, 6.07) is 0. The maximum absolute atomic E-state index is 9.66. The van der Waals surface area contributed by atoms with Gasteiger partial charge in [0.25, 0.3) is 0 Å². The van der Waals surface area contributed by atoms with E-state index in [1.807, 2.05) is 6.92 Å². The van der Waals surface area contributed by atoms with Gasteiger partial charge in [0.2, 0.25) is 0 Å². The molecule has 0 aromatic heterocycles. The van der Waals surface area contributed by atoms with Gasteiger partial charge in [-0.1, -0.05) is 84.5 Å². The molecule has 2 atom stereocenters. The highest BCUT2D eigenvalue weighted by atomic mass is 16.5. The zero-order chi connectivity index (χ0) is 15.8. The van der Waals surface area contributed by atoms with Gasteiger partial charge >= 0.3 is 0 Å². The zero-order valence-electron chi connectivity index (χ0n) is 14.9. The molecule has 0 aliphatic carbocycles. The molecule has 0 aromatic carbocycles. The van der Waals surface area contributed by atoms with Gasteiger partial charge in [-0.05, 0) is 19.3 Å². The first-order chi connectivity index (χ1) is 10.2. The number of hydrogen-bond donors (Lipinski definition) is 1. The molecule has 2 heteroatoms. The van der Waals surface area contributed by atoms with Crippen molar-refractivity contribution in [2.24, 2.45) is 0 Å². The number of hydrogen-bond acceptors (Lipinski definition) is 2. The Hall–Kier alpha value is -0.0800. The van der Waals surface area contributed by atoms with Crippen LogP contribution in [0.25, 0.3) is 0 Å². The van der Waals surface area contributed by atoms with Crippen LogP contribution in [-0.2, 0) is 4.74 Å². The van der Waals surface area contributed by atoms with Crippen molar-refractivity contribution >= 4 is 0 Å². The van der Waals surface area contributed by atoms with Gasteiger partial charge in [-0.15, -0.1) is 0 Å². The molecule has 0 saturated carbocycles. The topological polar surface area (TPSA) is 29.5 Å². The molecule has 0 aliphatic rings. The van der Waals surface area contributed by atoms with Crippen molar-refractivity contribution in [3.05, 3.63) is 0 Å². The Morgan fingerprint density at radius 3 is 1.67 bits per heavy atom. The molecule has 21 heavy (non-hydrogen) atoms.